The number of fused-ring (bicyclic) bond motifs is 1. The van der Waals surface area contributed by atoms with Crippen LogP contribution < -0.4 is 10.2 Å². The number of carbonyl (C=O) groups excluding carboxylic acids is 2. The molecule has 0 saturated heterocycles. The lowest BCUT2D eigenvalue weighted by molar-refractivity contribution is -0.123. The van der Waals surface area contributed by atoms with Gasteiger partial charge in [-0.05, 0) is 24.1 Å². The Morgan fingerprint density at radius 3 is 2.67 bits per heavy atom. The molecular weight excluding hydrogens is 354 g/mol. The highest BCUT2D eigenvalue weighted by atomic mass is 19.2. The van der Waals surface area contributed by atoms with E-state index < -0.39 is 23.4 Å². The predicted octanol–water partition coefficient (Wildman–Crippen LogP) is 2.41. The Bertz CT molecular complexity index is 987. The molecule has 4 rings (SSSR count). The molecule has 1 N–H and O–H groups in total. The summed E-state index contributed by atoms with van der Waals surface area (Å²) in [4.78, 5) is 26.8. The fourth-order valence-corrected chi connectivity index (χ4v) is 3.71. The number of methoxy groups -OCH3 is 1. The van der Waals surface area contributed by atoms with Crippen molar-refractivity contribution in [2.24, 2.45) is 0 Å². The number of hydrogen-bond acceptors (Lipinski definition) is 4. The maximum absolute atomic E-state index is 14.4. The van der Waals surface area contributed by atoms with Crippen LogP contribution in [0.1, 0.15) is 11.1 Å². The fraction of sp³-hybridized carbons (Fsp3) is 0.200. The summed E-state index contributed by atoms with van der Waals surface area (Å²) in [6, 6.07) is 10.8. The van der Waals surface area contributed by atoms with Gasteiger partial charge in [0.05, 0.1) is 18.2 Å². The van der Waals surface area contributed by atoms with E-state index in [0.717, 1.165) is 17.3 Å². The summed E-state index contributed by atoms with van der Waals surface area (Å²) in [5, 5.41) is 2.21. The first-order valence-corrected chi connectivity index (χ1v) is 8.43. The van der Waals surface area contributed by atoms with Crippen molar-refractivity contribution in [3.8, 4) is 0 Å². The standard InChI is InChI=1S/C20H16F2N2O3/c1-27-10-12-9-11-5-2-3-8-15(11)24(12)18-16(19(25)23-20(18)26)13-6-4-7-14(21)17(13)22/h2-8,12H,9-10H2,1H3,(H,23,25,26). The average molecular weight is 370 g/mol. The summed E-state index contributed by atoms with van der Waals surface area (Å²) in [7, 11) is 1.54. The van der Waals surface area contributed by atoms with E-state index in [4.69, 9.17) is 4.74 Å². The number of halogens is 2. The van der Waals surface area contributed by atoms with Gasteiger partial charge in [-0.2, -0.15) is 0 Å². The molecule has 2 amide bonds. The van der Waals surface area contributed by atoms with E-state index in [0.29, 0.717) is 13.0 Å². The van der Waals surface area contributed by atoms with Gasteiger partial charge in [0.2, 0.25) is 0 Å². The van der Waals surface area contributed by atoms with Crippen molar-refractivity contribution < 1.29 is 23.1 Å². The summed E-state index contributed by atoms with van der Waals surface area (Å²) in [6.45, 7) is 0.304. The van der Waals surface area contributed by atoms with Crippen LogP contribution in [-0.2, 0) is 20.7 Å². The van der Waals surface area contributed by atoms with Crippen molar-refractivity contribution in [3.63, 3.8) is 0 Å². The minimum absolute atomic E-state index is 0.0106. The maximum atomic E-state index is 14.4. The molecule has 138 valence electrons. The van der Waals surface area contributed by atoms with E-state index in [1.165, 1.54) is 12.1 Å². The van der Waals surface area contributed by atoms with Gasteiger partial charge in [-0.3, -0.25) is 14.9 Å². The third-order valence-corrected chi connectivity index (χ3v) is 4.80. The predicted molar refractivity (Wildman–Crippen MR) is 94.7 cm³/mol. The summed E-state index contributed by atoms with van der Waals surface area (Å²) in [5.74, 6) is -3.64. The number of rotatable bonds is 4. The molecule has 2 aromatic rings. The first-order valence-electron chi connectivity index (χ1n) is 8.43. The number of imide groups is 1. The van der Waals surface area contributed by atoms with Crippen molar-refractivity contribution in [2.45, 2.75) is 12.5 Å². The average Bonchev–Trinajstić information content (AvgIpc) is 3.13. The van der Waals surface area contributed by atoms with Gasteiger partial charge in [0.1, 0.15) is 5.70 Å². The van der Waals surface area contributed by atoms with Crippen LogP contribution in [0, 0.1) is 11.6 Å². The molecule has 0 aromatic heterocycles. The summed E-state index contributed by atoms with van der Waals surface area (Å²) in [5.41, 5.74) is 1.33. The SMILES string of the molecule is COCC1Cc2ccccc2N1C1=C(c2cccc(F)c2F)C(=O)NC1=O. The smallest absolute Gasteiger partial charge is 0.275 e. The molecule has 5 nitrogen and oxygen atoms in total. The maximum Gasteiger partial charge on any atom is 0.275 e. The van der Waals surface area contributed by atoms with Gasteiger partial charge in [0.15, 0.2) is 11.6 Å². The highest BCUT2D eigenvalue weighted by molar-refractivity contribution is 6.37. The molecular formula is C20H16F2N2O3. The molecule has 2 aliphatic heterocycles. The van der Waals surface area contributed by atoms with Gasteiger partial charge >= 0.3 is 0 Å². The first kappa shape index (κ1) is 17.4. The number of nitrogens with one attached hydrogen (secondary N) is 1. The van der Waals surface area contributed by atoms with Crippen LogP contribution >= 0.6 is 0 Å². The van der Waals surface area contributed by atoms with Crippen molar-refractivity contribution >= 4 is 23.1 Å². The van der Waals surface area contributed by atoms with Crippen LogP contribution in [0.25, 0.3) is 5.57 Å². The Balaban J connectivity index is 1.95. The Kier molecular flexibility index (Phi) is 4.24. The van der Waals surface area contributed by atoms with Crippen LogP contribution in [0.5, 0.6) is 0 Å². The molecule has 27 heavy (non-hydrogen) atoms. The molecule has 1 atom stereocenters. The van der Waals surface area contributed by atoms with Crippen LogP contribution in [0.15, 0.2) is 48.2 Å². The molecule has 7 heteroatoms. The number of hydrogen-bond donors (Lipinski definition) is 1. The van der Waals surface area contributed by atoms with E-state index in [1.54, 1.807) is 12.0 Å². The zero-order chi connectivity index (χ0) is 19.1. The highest BCUT2D eigenvalue weighted by Crippen LogP contribution is 2.39. The minimum atomic E-state index is -1.16. The number of anilines is 1. The second-order valence-corrected chi connectivity index (χ2v) is 6.42. The van der Waals surface area contributed by atoms with Crippen molar-refractivity contribution in [3.05, 3.63) is 70.9 Å². The van der Waals surface area contributed by atoms with E-state index in [9.17, 15) is 18.4 Å². The van der Waals surface area contributed by atoms with Gasteiger partial charge in [-0.15, -0.1) is 0 Å². The normalized spacial score (nSPS) is 18.9. The Hall–Kier alpha value is -3.06. The van der Waals surface area contributed by atoms with Gasteiger partial charge in [0.25, 0.3) is 11.8 Å². The van der Waals surface area contributed by atoms with Crippen LogP contribution in [0.3, 0.4) is 0 Å². The lowest BCUT2D eigenvalue weighted by Gasteiger charge is -2.27. The number of amides is 2. The van der Waals surface area contributed by atoms with Crippen molar-refractivity contribution in [1.29, 1.82) is 0 Å². The topological polar surface area (TPSA) is 58.6 Å². The Morgan fingerprint density at radius 1 is 1.11 bits per heavy atom. The zero-order valence-corrected chi connectivity index (χ0v) is 14.5. The summed E-state index contributed by atoms with van der Waals surface area (Å²) < 4.78 is 33.4. The number of para-hydroxylation sites is 1. The number of carbonyl (C=O) groups is 2. The lowest BCUT2D eigenvalue weighted by atomic mass is 10.0. The molecule has 2 heterocycles. The summed E-state index contributed by atoms with van der Waals surface area (Å²) in [6.07, 6.45) is 0.605. The van der Waals surface area contributed by atoms with Crippen molar-refractivity contribution in [2.75, 3.05) is 18.6 Å². The van der Waals surface area contributed by atoms with Gasteiger partial charge in [0, 0.05) is 18.4 Å². The molecule has 0 radical (unpaired) electrons. The minimum Gasteiger partial charge on any atom is -0.383 e. The number of ether oxygens (including phenoxy) is 1. The number of nitrogens with zero attached hydrogens (tertiary/aromatic N) is 1. The van der Waals surface area contributed by atoms with E-state index in [1.807, 2.05) is 24.3 Å². The molecule has 2 aliphatic rings. The van der Waals surface area contributed by atoms with Gasteiger partial charge < -0.3 is 9.64 Å². The molecule has 0 saturated carbocycles. The molecule has 0 aliphatic carbocycles. The van der Waals surface area contributed by atoms with Crippen LogP contribution in [0.4, 0.5) is 14.5 Å². The fourth-order valence-electron chi connectivity index (χ4n) is 3.71. The van der Waals surface area contributed by atoms with Crippen LogP contribution in [0.2, 0.25) is 0 Å². The Labute approximate surface area is 154 Å². The number of benzene rings is 2. The van der Waals surface area contributed by atoms with Crippen molar-refractivity contribution in [1.82, 2.24) is 5.32 Å². The third kappa shape index (κ3) is 2.71. The first-order chi connectivity index (χ1) is 13.0. The highest BCUT2D eigenvalue weighted by Gasteiger charge is 2.42. The van der Waals surface area contributed by atoms with E-state index >= 15 is 0 Å². The Morgan fingerprint density at radius 2 is 1.89 bits per heavy atom. The lowest BCUT2D eigenvalue weighted by Crippen LogP contribution is -2.38. The zero-order valence-electron chi connectivity index (χ0n) is 14.5. The second-order valence-electron chi connectivity index (χ2n) is 6.42. The van der Waals surface area contributed by atoms with Gasteiger partial charge in [-0.25, -0.2) is 8.78 Å². The summed E-state index contributed by atoms with van der Waals surface area (Å²) >= 11 is 0. The molecule has 0 fully saturated rings. The van der Waals surface area contributed by atoms with Crippen LogP contribution in [-0.4, -0.2) is 31.6 Å². The molecule has 2 aromatic carbocycles. The third-order valence-electron chi connectivity index (χ3n) is 4.80. The largest absolute Gasteiger partial charge is 0.383 e. The quantitative estimate of drug-likeness (QED) is 0.840. The van der Waals surface area contributed by atoms with Gasteiger partial charge in [-0.1, -0.05) is 30.3 Å². The molecule has 1 unspecified atom stereocenters. The monoisotopic (exact) mass is 370 g/mol. The molecule has 0 spiro atoms. The second kappa shape index (κ2) is 6.59. The van der Waals surface area contributed by atoms with E-state index in [-0.39, 0.29) is 22.9 Å². The molecule has 0 bridgehead atoms. The van der Waals surface area contributed by atoms with E-state index in [2.05, 4.69) is 5.32 Å².